The molecule has 112 valence electrons. The van der Waals surface area contributed by atoms with Crippen LogP contribution in [0.2, 0.25) is 0 Å². The summed E-state index contributed by atoms with van der Waals surface area (Å²) in [6.45, 7) is 0.355. The fourth-order valence-electron chi connectivity index (χ4n) is 1.94. The molecule has 0 spiro atoms. The van der Waals surface area contributed by atoms with Gasteiger partial charge in [0, 0.05) is 19.2 Å². The topological polar surface area (TPSA) is 59.6 Å². The SMILES string of the molecule is COc1ccccc1C(CNC(=O)Nc1cccs1)OC. The number of para-hydroxylation sites is 1. The van der Waals surface area contributed by atoms with Crippen molar-refractivity contribution in [2.75, 3.05) is 26.1 Å². The van der Waals surface area contributed by atoms with Crippen molar-refractivity contribution in [2.24, 2.45) is 0 Å². The molecule has 6 heteroatoms. The Morgan fingerprint density at radius 3 is 2.71 bits per heavy atom. The molecule has 0 saturated heterocycles. The lowest BCUT2D eigenvalue weighted by molar-refractivity contribution is 0.102. The van der Waals surface area contributed by atoms with Crippen LogP contribution in [0.15, 0.2) is 41.8 Å². The van der Waals surface area contributed by atoms with Gasteiger partial charge in [0.15, 0.2) is 0 Å². The van der Waals surface area contributed by atoms with Gasteiger partial charge in [-0.2, -0.15) is 0 Å². The van der Waals surface area contributed by atoms with Crippen LogP contribution in [0.5, 0.6) is 5.75 Å². The molecular formula is C15H18N2O3S. The van der Waals surface area contributed by atoms with Crippen LogP contribution in [0.3, 0.4) is 0 Å². The first-order valence-corrected chi connectivity index (χ1v) is 7.36. The second-order valence-corrected chi connectivity index (χ2v) is 5.23. The van der Waals surface area contributed by atoms with Crippen LogP contribution in [0.25, 0.3) is 0 Å². The van der Waals surface area contributed by atoms with E-state index in [1.807, 2.05) is 41.8 Å². The first-order chi connectivity index (χ1) is 10.2. The Morgan fingerprint density at radius 2 is 2.05 bits per heavy atom. The molecule has 0 aliphatic heterocycles. The molecular weight excluding hydrogens is 288 g/mol. The lowest BCUT2D eigenvalue weighted by Crippen LogP contribution is -2.32. The molecule has 2 amide bonds. The minimum atomic E-state index is -0.268. The van der Waals surface area contributed by atoms with Crippen molar-refractivity contribution >= 4 is 22.4 Å². The number of rotatable bonds is 6. The summed E-state index contributed by atoms with van der Waals surface area (Å²) in [5, 5.41) is 8.27. The van der Waals surface area contributed by atoms with E-state index in [0.29, 0.717) is 6.54 Å². The molecule has 1 aromatic carbocycles. The molecule has 1 unspecified atom stereocenters. The molecule has 5 nitrogen and oxygen atoms in total. The molecule has 2 N–H and O–H groups in total. The zero-order valence-electron chi connectivity index (χ0n) is 12.0. The molecule has 1 heterocycles. The molecule has 1 aromatic heterocycles. The van der Waals surface area contributed by atoms with Gasteiger partial charge in [-0.15, -0.1) is 11.3 Å². The van der Waals surface area contributed by atoms with Crippen LogP contribution in [0.1, 0.15) is 11.7 Å². The lowest BCUT2D eigenvalue weighted by atomic mass is 10.1. The highest BCUT2D eigenvalue weighted by molar-refractivity contribution is 7.14. The fraction of sp³-hybridized carbons (Fsp3) is 0.267. The molecule has 21 heavy (non-hydrogen) atoms. The molecule has 1 atom stereocenters. The van der Waals surface area contributed by atoms with E-state index in [9.17, 15) is 4.79 Å². The van der Waals surface area contributed by atoms with E-state index in [2.05, 4.69) is 10.6 Å². The van der Waals surface area contributed by atoms with Crippen LogP contribution >= 0.6 is 11.3 Å². The quantitative estimate of drug-likeness (QED) is 0.861. The zero-order valence-corrected chi connectivity index (χ0v) is 12.8. The van der Waals surface area contributed by atoms with Crippen LogP contribution in [-0.4, -0.2) is 26.8 Å². The average Bonchev–Trinajstić information content (AvgIpc) is 3.01. The Labute approximate surface area is 127 Å². The maximum atomic E-state index is 11.8. The smallest absolute Gasteiger partial charge is 0.319 e. The second-order valence-electron chi connectivity index (χ2n) is 4.28. The van der Waals surface area contributed by atoms with E-state index < -0.39 is 0 Å². The minimum absolute atomic E-state index is 0.255. The molecule has 0 fully saturated rings. The molecule has 0 aliphatic rings. The third kappa shape index (κ3) is 4.21. The Hall–Kier alpha value is -2.05. The van der Waals surface area contributed by atoms with E-state index in [1.165, 1.54) is 11.3 Å². The van der Waals surface area contributed by atoms with Crippen molar-refractivity contribution in [2.45, 2.75) is 6.10 Å². The van der Waals surface area contributed by atoms with Crippen molar-refractivity contribution in [1.29, 1.82) is 0 Å². The minimum Gasteiger partial charge on any atom is -0.496 e. The Kier molecular flexibility index (Phi) is 5.59. The summed E-state index contributed by atoms with van der Waals surface area (Å²) in [7, 11) is 3.22. The Morgan fingerprint density at radius 1 is 1.24 bits per heavy atom. The summed E-state index contributed by atoms with van der Waals surface area (Å²) < 4.78 is 10.8. The number of carbonyl (C=O) groups excluding carboxylic acids is 1. The van der Waals surface area contributed by atoms with Crippen molar-refractivity contribution in [3.8, 4) is 5.75 Å². The predicted molar refractivity (Wildman–Crippen MR) is 84.1 cm³/mol. The standard InChI is InChI=1S/C15H18N2O3S/c1-19-12-7-4-3-6-11(12)13(20-2)10-16-15(18)17-14-8-5-9-21-14/h3-9,13H,10H2,1-2H3,(H2,16,17,18). The van der Waals surface area contributed by atoms with Crippen LogP contribution in [-0.2, 0) is 4.74 Å². The van der Waals surface area contributed by atoms with Crippen molar-refractivity contribution in [3.05, 3.63) is 47.3 Å². The van der Waals surface area contributed by atoms with Gasteiger partial charge in [-0.3, -0.25) is 5.32 Å². The normalized spacial score (nSPS) is 11.7. The van der Waals surface area contributed by atoms with Gasteiger partial charge in [-0.1, -0.05) is 18.2 Å². The number of hydrogen-bond donors (Lipinski definition) is 2. The first-order valence-electron chi connectivity index (χ1n) is 6.48. The van der Waals surface area contributed by atoms with Gasteiger partial charge in [-0.25, -0.2) is 4.79 Å². The summed E-state index contributed by atoms with van der Waals surface area (Å²) in [6, 6.07) is 11.1. The summed E-state index contributed by atoms with van der Waals surface area (Å²) in [4.78, 5) is 11.8. The predicted octanol–water partition coefficient (Wildman–Crippen LogP) is 3.27. The number of carbonyl (C=O) groups is 1. The number of ether oxygens (including phenoxy) is 2. The van der Waals surface area contributed by atoms with Crippen LogP contribution < -0.4 is 15.4 Å². The maximum Gasteiger partial charge on any atom is 0.319 e. The number of hydrogen-bond acceptors (Lipinski definition) is 4. The van der Waals surface area contributed by atoms with Gasteiger partial charge in [-0.05, 0) is 23.6 Å². The Balaban J connectivity index is 1.94. The Bertz CT molecular complexity index is 572. The number of nitrogens with one attached hydrogen (secondary N) is 2. The second kappa shape index (κ2) is 7.66. The molecule has 0 bridgehead atoms. The number of thiophene rings is 1. The van der Waals surface area contributed by atoms with E-state index in [4.69, 9.17) is 9.47 Å². The largest absolute Gasteiger partial charge is 0.496 e. The third-order valence-electron chi connectivity index (χ3n) is 2.98. The van der Waals surface area contributed by atoms with E-state index in [1.54, 1.807) is 14.2 Å². The first kappa shape index (κ1) is 15.3. The summed E-state index contributed by atoms with van der Waals surface area (Å²) >= 11 is 1.47. The van der Waals surface area contributed by atoms with E-state index >= 15 is 0 Å². The monoisotopic (exact) mass is 306 g/mol. The van der Waals surface area contributed by atoms with Gasteiger partial charge in [0.05, 0.1) is 12.1 Å². The summed E-state index contributed by atoms with van der Waals surface area (Å²) in [5.74, 6) is 0.741. The highest BCUT2D eigenvalue weighted by Crippen LogP contribution is 2.26. The van der Waals surface area contributed by atoms with Crippen LogP contribution in [0, 0.1) is 0 Å². The van der Waals surface area contributed by atoms with Crippen molar-refractivity contribution in [1.82, 2.24) is 5.32 Å². The van der Waals surface area contributed by atoms with Crippen molar-refractivity contribution in [3.63, 3.8) is 0 Å². The van der Waals surface area contributed by atoms with Crippen LogP contribution in [0.4, 0.5) is 9.80 Å². The van der Waals surface area contributed by atoms with Gasteiger partial charge in [0.1, 0.15) is 11.9 Å². The number of anilines is 1. The maximum absolute atomic E-state index is 11.8. The zero-order chi connectivity index (χ0) is 15.1. The fourth-order valence-corrected chi connectivity index (χ4v) is 2.56. The van der Waals surface area contributed by atoms with E-state index in [0.717, 1.165) is 16.3 Å². The van der Waals surface area contributed by atoms with E-state index in [-0.39, 0.29) is 12.1 Å². The highest BCUT2D eigenvalue weighted by Gasteiger charge is 2.16. The molecule has 0 radical (unpaired) electrons. The van der Waals surface area contributed by atoms with Crippen molar-refractivity contribution < 1.29 is 14.3 Å². The van der Waals surface area contributed by atoms with Gasteiger partial charge in [0.2, 0.25) is 0 Å². The third-order valence-corrected chi connectivity index (χ3v) is 3.76. The number of amides is 2. The molecule has 2 aromatic rings. The van der Waals surface area contributed by atoms with Gasteiger partial charge in [0.25, 0.3) is 0 Å². The number of benzene rings is 1. The average molecular weight is 306 g/mol. The van der Waals surface area contributed by atoms with Gasteiger partial charge < -0.3 is 14.8 Å². The highest BCUT2D eigenvalue weighted by atomic mass is 32.1. The molecule has 2 rings (SSSR count). The summed E-state index contributed by atoms with van der Waals surface area (Å²) in [5.41, 5.74) is 0.902. The number of methoxy groups -OCH3 is 2. The summed E-state index contributed by atoms with van der Waals surface area (Å²) in [6.07, 6.45) is -0.268. The molecule has 0 aliphatic carbocycles. The number of urea groups is 1. The van der Waals surface area contributed by atoms with Gasteiger partial charge >= 0.3 is 6.03 Å². The lowest BCUT2D eigenvalue weighted by Gasteiger charge is -2.19. The molecule has 0 saturated carbocycles.